The Labute approximate surface area is 153 Å². The number of hydrazine groups is 1. The van der Waals surface area contributed by atoms with E-state index in [1.165, 1.54) is 13.3 Å². The summed E-state index contributed by atoms with van der Waals surface area (Å²) in [6.07, 6.45) is 2.59. The van der Waals surface area contributed by atoms with Crippen LogP contribution >= 0.6 is 0 Å². The molecule has 0 aliphatic heterocycles. The van der Waals surface area contributed by atoms with E-state index in [0.29, 0.717) is 11.6 Å². The summed E-state index contributed by atoms with van der Waals surface area (Å²) in [7, 11) is -2.49. The number of nitrogens with zero attached hydrogens (tertiary/aromatic N) is 6. The van der Waals surface area contributed by atoms with Crippen molar-refractivity contribution in [1.82, 2.24) is 24.7 Å². The zero-order chi connectivity index (χ0) is 19.9. The lowest BCUT2D eigenvalue weighted by Gasteiger charge is -2.00. The minimum Gasteiger partial charge on any atom is -0.481 e. The summed E-state index contributed by atoms with van der Waals surface area (Å²) < 4.78 is 27.9. The molecule has 0 saturated carbocycles. The molecule has 3 rings (SSSR count). The quantitative estimate of drug-likeness (QED) is 0.441. The number of aromatic nitrogens is 5. The molecular weight excluding hydrogens is 380 g/mol. The molecule has 142 valence electrons. The van der Waals surface area contributed by atoms with Crippen LogP contribution in [0.25, 0.3) is 5.95 Å². The average molecular weight is 394 g/mol. The fourth-order valence-corrected chi connectivity index (χ4v) is 2.05. The Hall–Kier alpha value is -3.65. The molecule has 2 aromatic heterocycles. The lowest BCUT2D eigenvalue weighted by Crippen LogP contribution is -2.14. The van der Waals surface area contributed by atoms with Crippen molar-refractivity contribution in [3.8, 4) is 11.8 Å². The first kappa shape index (κ1) is 19.7. The van der Waals surface area contributed by atoms with E-state index in [9.17, 15) is 18.5 Å². The van der Waals surface area contributed by atoms with E-state index >= 15 is 0 Å². The largest absolute Gasteiger partial charge is 0.481 e. The van der Waals surface area contributed by atoms with Crippen LogP contribution in [0, 0.1) is 10.1 Å². The molecule has 3 N–H and O–H groups in total. The summed E-state index contributed by atoms with van der Waals surface area (Å²) >= 11 is 0. The molecule has 0 bridgehead atoms. The van der Waals surface area contributed by atoms with Crippen molar-refractivity contribution >= 4 is 15.7 Å². The average Bonchev–Trinajstić information content (AvgIpc) is 3.13. The van der Waals surface area contributed by atoms with Crippen LogP contribution in [0.3, 0.4) is 0 Å². The Bertz CT molecular complexity index is 1010. The molecule has 1 aromatic carbocycles. The number of methoxy groups -OCH3 is 1. The second-order valence-electron chi connectivity index (χ2n) is 4.65. The predicted molar refractivity (Wildman–Crippen MR) is 91.9 cm³/mol. The van der Waals surface area contributed by atoms with Crippen molar-refractivity contribution in [1.29, 1.82) is 0 Å². The fraction of sp³-hybridized carbons (Fsp3) is 0.0769. The van der Waals surface area contributed by atoms with Crippen LogP contribution in [0.4, 0.5) is 5.69 Å². The molecule has 0 amide bonds. The number of para-hydroxylation sites is 1. The first-order chi connectivity index (χ1) is 12.8. The zero-order valence-corrected chi connectivity index (χ0v) is 14.6. The van der Waals surface area contributed by atoms with Gasteiger partial charge in [0, 0.05) is 12.3 Å². The number of sulfonamides is 1. The van der Waals surface area contributed by atoms with Gasteiger partial charge < -0.3 is 4.74 Å². The van der Waals surface area contributed by atoms with Crippen molar-refractivity contribution in [2.45, 2.75) is 5.16 Å². The van der Waals surface area contributed by atoms with Gasteiger partial charge in [-0.15, -0.1) is 10.5 Å². The summed E-state index contributed by atoms with van der Waals surface area (Å²) in [5, 5.41) is 17.3. The van der Waals surface area contributed by atoms with Crippen LogP contribution in [0.5, 0.6) is 5.88 Å². The Morgan fingerprint density at radius 2 is 1.93 bits per heavy atom. The Morgan fingerprint density at radius 1 is 1.22 bits per heavy atom. The minimum atomic E-state index is -3.94. The van der Waals surface area contributed by atoms with E-state index in [4.69, 9.17) is 9.88 Å². The van der Waals surface area contributed by atoms with Gasteiger partial charge in [-0.2, -0.15) is 9.67 Å². The van der Waals surface area contributed by atoms with Crippen LogP contribution in [0.2, 0.25) is 0 Å². The standard InChI is InChI=1S/C7H8N6O3S.C6H6N2O2/c1-16-5-2-3-9-6(11-5)13-4-10-7(12-13)17(8,14)15;9-8(10)7-6-4-2-1-3-5-6/h2-4H,1H3,(H2,8,14,15);1-5,7H. The fourth-order valence-electron chi connectivity index (χ4n) is 1.65. The van der Waals surface area contributed by atoms with Gasteiger partial charge in [-0.3, -0.25) is 0 Å². The summed E-state index contributed by atoms with van der Waals surface area (Å²) in [6.45, 7) is 0. The van der Waals surface area contributed by atoms with E-state index in [2.05, 4.69) is 20.1 Å². The molecule has 0 aliphatic rings. The van der Waals surface area contributed by atoms with Gasteiger partial charge in [-0.1, -0.05) is 18.2 Å². The molecule has 0 radical (unpaired) electrons. The Balaban J connectivity index is 0.000000223. The van der Waals surface area contributed by atoms with Crippen molar-refractivity contribution in [3.05, 3.63) is 59.0 Å². The SMILES string of the molecule is COc1ccnc(-n2cnc(S(N)(=O)=O)n2)n1.O=[N+]([O-])Nc1ccccc1. The highest BCUT2D eigenvalue weighted by molar-refractivity contribution is 7.89. The lowest BCUT2D eigenvalue weighted by molar-refractivity contribution is -0.445. The minimum absolute atomic E-state index is 0.131. The molecule has 27 heavy (non-hydrogen) atoms. The van der Waals surface area contributed by atoms with Crippen LogP contribution < -0.4 is 15.3 Å². The van der Waals surface area contributed by atoms with E-state index in [0.717, 1.165) is 11.0 Å². The second-order valence-corrected chi connectivity index (χ2v) is 6.11. The third-order valence-electron chi connectivity index (χ3n) is 2.75. The van der Waals surface area contributed by atoms with Gasteiger partial charge in [0.15, 0.2) is 5.03 Å². The number of benzene rings is 1. The highest BCUT2D eigenvalue weighted by Gasteiger charge is 2.15. The zero-order valence-electron chi connectivity index (χ0n) is 13.8. The molecular formula is C13H14N8O5S. The summed E-state index contributed by atoms with van der Waals surface area (Å²) in [5.74, 6) is 0.453. The highest BCUT2D eigenvalue weighted by atomic mass is 32.2. The van der Waals surface area contributed by atoms with Crippen LogP contribution in [-0.4, -0.2) is 45.3 Å². The molecule has 13 nitrogen and oxygen atoms in total. The first-order valence-electron chi connectivity index (χ1n) is 7.07. The molecule has 0 fully saturated rings. The molecule has 0 atom stereocenters. The van der Waals surface area contributed by atoms with Crippen LogP contribution in [0.1, 0.15) is 0 Å². The third-order valence-corrected chi connectivity index (χ3v) is 3.45. The van der Waals surface area contributed by atoms with Gasteiger partial charge in [0.05, 0.1) is 7.11 Å². The van der Waals surface area contributed by atoms with Crippen LogP contribution in [0.15, 0.2) is 54.1 Å². The van der Waals surface area contributed by atoms with Crippen molar-refractivity contribution < 1.29 is 18.2 Å². The van der Waals surface area contributed by atoms with Gasteiger partial charge in [-0.25, -0.2) is 33.6 Å². The Morgan fingerprint density at radius 3 is 2.48 bits per heavy atom. The molecule has 0 spiro atoms. The summed E-state index contributed by atoms with van der Waals surface area (Å²) in [4.78, 5) is 21.2. The number of nitro groups is 1. The molecule has 0 unspecified atom stereocenters. The van der Waals surface area contributed by atoms with Gasteiger partial charge >= 0.3 is 0 Å². The van der Waals surface area contributed by atoms with Crippen molar-refractivity contribution in [2.24, 2.45) is 5.14 Å². The maximum absolute atomic E-state index is 11.0. The summed E-state index contributed by atoms with van der Waals surface area (Å²) in [5.41, 5.74) is 2.52. The molecule has 14 heteroatoms. The normalized spacial score (nSPS) is 10.4. The lowest BCUT2D eigenvalue weighted by atomic mass is 10.3. The molecule has 0 aliphatic carbocycles. The number of anilines is 1. The summed E-state index contributed by atoms with van der Waals surface area (Å²) in [6, 6.07) is 10.1. The number of hydrogen-bond acceptors (Lipinski definition) is 9. The number of ether oxygens (including phenoxy) is 1. The van der Waals surface area contributed by atoms with Crippen molar-refractivity contribution in [3.63, 3.8) is 0 Å². The van der Waals surface area contributed by atoms with Gasteiger partial charge in [0.1, 0.15) is 12.0 Å². The molecule has 0 saturated heterocycles. The molecule has 3 aromatic rings. The van der Waals surface area contributed by atoms with E-state index in [1.807, 2.05) is 5.43 Å². The molecule has 2 heterocycles. The van der Waals surface area contributed by atoms with Gasteiger partial charge in [0.2, 0.25) is 5.88 Å². The maximum atomic E-state index is 11.0. The number of rotatable bonds is 5. The number of nitrogens with one attached hydrogen (secondary N) is 1. The maximum Gasteiger partial charge on any atom is 0.282 e. The van der Waals surface area contributed by atoms with Crippen molar-refractivity contribution in [2.75, 3.05) is 12.5 Å². The number of hydrogen-bond donors (Lipinski definition) is 2. The second kappa shape index (κ2) is 8.63. The number of primary sulfonamides is 1. The third kappa shape index (κ3) is 5.98. The smallest absolute Gasteiger partial charge is 0.282 e. The van der Waals surface area contributed by atoms with E-state index in [-0.39, 0.29) is 5.95 Å². The Kier molecular flexibility index (Phi) is 6.29. The highest BCUT2D eigenvalue weighted by Crippen LogP contribution is 2.07. The van der Waals surface area contributed by atoms with E-state index in [1.54, 1.807) is 36.4 Å². The number of nitrogens with two attached hydrogens (primary N) is 1. The van der Waals surface area contributed by atoms with E-state index < -0.39 is 20.2 Å². The van der Waals surface area contributed by atoms with Crippen LogP contribution in [-0.2, 0) is 10.0 Å². The topological polar surface area (TPSA) is 181 Å². The van der Waals surface area contributed by atoms with Gasteiger partial charge in [0.25, 0.3) is 21.1 Å². The monoisotopic (exact) mass is 394 g/mol. The van der Waals surface area contributed by atoms with Gasteiger partial charge in [-0.05, 0) is 12.1 Å². The first-order valence-corrected chi connectivity index (χ1v) is 8.62. The predicted octanol–water partition coefficient (Wildman–Crippen LogP) is 0.00350.